The van der Waals surface area contributed by atoms with Gasteiger partial charge in [0.1, 0.15) is 0 Å². The van der Waals surface area contributed by atoms with E-state index in [0.29, 0.717) is 0 Å². The highest BCUT2D eigenvalue weighted by Crippen LogP contribution is 2.49. The second-order valence-corrected chi connectivity index (χ2v) is 6.60. The Labute approximate surface area is 110 Å². The highest BCUT2D eigenvalue weighted by atomic mass is 16.7. The molecule has 1 saturated carbocycles. The predicted molar refractivity (Wildman–Crippen MR) is 69.9 cm³/mol. The molecule has 3 nitrogen and oxygen atoms in total. The van der Waals surface area contributed by atoms with Crippen molar-refractivity contribution in [2.45, 2.75) is 65.3 Å². The van der Waals surface area contributed by atoms with E-state index in [-0.39, 0.29) is 17.5 Å². The van der Waals surface area contributed by atoms with Crippen LogP contribution in [0.5, 0.6) is 0 Å². The van der Waals surface area contributed by atoms with Crippen LogP contribution in [-0.4, -0.2) is 18.4 Å². The molecule has 0 bridgehead atoms. The molecule has 102 valence electrons. The van der Waals surface area contributed by atoms with E-state index in [9.17, 15) is 4.79 Å². The van der Waals surface area contributed by atoms with Gasteiger partial charge in [0.15, 0.2) is 0 Å². The van der Waals surface area contributed by atoms with Crippen LogP contribution in [0.3, 0.4) is 0 Å². The lowest BCUT2D eigenvalue weighted by atomic mass is 9.78. The number of ether oxygens (including phenoxy) is 2. The summed E-state index contributed by atoms with van der Waals surface area (Å²) in [5.74, 6) is -0.0574. The molecule has 0 aromatic rings. The number of esters is 1. The van der Waals surface area contributed by atoms with Gasteiger partial charge in [0.05, 0.1) is 11.5 Å². The molecule has 0 spiro atoms. The minimum Gasteiger partial charge on any atom is -0.435 e. The number of cyclic esters (lactones) is 1. The fraction of sp³-hybridized carbons (Fsp3) is 0.800. The number of allylic oxidation sites excluding steroid dienone is 1. The van der Waals surface area contributed by atoms with Crippen LogP contribution >= 0.6 is 0 Å². The van der Waals surface area contributed by atoms with Crippen LogP contribution in [0.2, 0.25) is 0 Å². The molecule has 2 aliphatic rings. The van der Waals surface area contributed by atoms with Gasteiger partial charge in [0.25, 0.3) is 0 Å². The zero-order valence-corrected chi connectivity index (χ0v) is 11.7. The van der Waals surface area contributed by atoms with Crippen molar-refractivity contribution in [3.63, 3.8) is 0 Å². The van der Waals surface area contributed by atoms with Crippen molar-refractivity contribution in [1.29, 1.82) is 0 Å². The molecule has 1 aliphatic heterocycles. The number of hydrogen-bond acceptors (Lipinski definition) is 3. The van der Waals surface area contributed by atoms with Gasteiger partial charge in [-0.15, -0.1) is 6.58 Å². The van der Waals surface area contributed by atoms with Crippen LogP contribution in [0.25, 0.3) is 0 Å². The Morgan fingerprint density at radius 1 is 1.50 bits per heavy atom. The molecule has 0 aromatic carbocycles. The van der Waals surface area contributed by atoms with Crippen LogP contribution in [0.15, 0.2) is 12.7 Å². The summed E-state index contributed by atoms with van der Waals surface area (Å²) < 4.78 is 11.6. The predicted octanol–water partition coefficient (Wildman–Crippen LogP) is 3.44. The zero-order valence-electron chi connectivity index (χ0n) is 11.7. The smallest absolute Gasteiger partial charge is 0.317 e. The van der Waals surface area contributed by atoms with Gasteiger partial charge in [-0.2, -0.15) is 0 Å². The van der Waals surface area contributed by atoms with Crippen molar-refractivity contribution in [1.82, 2.24) is 0 Å². The van der Waals surface area contributed by atoms with Crippen LogP contribution in [0.4, 0.5) is 0 Å². The molecule has 2 rings (SSSR count). The SMILES string of the molecule is C=CCCC12CCCC1OC(C(C)(C)C)OC2=O. The Morgan fingerprint density at radius 3 is 2.83 bits per heavy atom. The molecule has 0 radical (unpaired) electrons. The van der Waals surface area contributed by atoms with Gasteiger partial charge in [-0.05, 0) is 32.1 Å². The number of carbonyl (C=O) groups is 1. The maximum Gasteiger partial charge on any atom is 0.317 e. The largest absolute Gasteiger partial charge is 0.435 e. The topological polar surface area (TPSA) is 35.5 Å². The van der Waals surface area contributed by atoms with Crippen molar-refractivity contribution >= 4 is 5.97 Å². The third-order valence-electron chi connectivity index (χ3n) is 4.12. The van der Waals surface area contributed by atoms with Gasteiger partial charge in [-0.3, -0.25) is 4.79 Å². The average Bonchev–Trinajstić information content (AvgIpc) is 2.70. The normalized spacial score (nSPS) is 36.1. The summed E-state index contributed by atoms with van der Waals surface area (Å²) in [6.07, 6.45) is 6.04. The van der Waals surface area contributed by atoms with Gasteiger partial charge in [0.2, 0.25) is 6.29 Å². The highest BCUT2D eigenvalue weighted by molar-refractivity contribution is 5.79. The molecular formula is C15H24O3. The fourth-order valence-electron chi connectivity index (χ4n) is 2.99. The number of fused-ring (bicyclic) bond motifs is 1. The molecule has 0 N–H and O–H groups in total. The molecule has 3 heteroatoms. The molecular weight excluding hydrogens is 228 g/mol. The third-order valence-corrected chi connectivity index (χ3v) is 4.12. The molecule has 0 aromatic heterocycles. The summed E-state index contributed by atoms with van der Waals surface area (Å²) in [4.78, 5) is 12.4. The van der Waals surface area contributed by atoms with Crippen molar-refractivity contribution in [3.8, 4) is 0 Å². The summed E-state index contributed by atoms with van der Waals surface area (Å²) >= 11 is 0. The minimum absolute atomic E-state index is 0.0305. The second-order valence-electron chi connectivity index (χ2n) is 6.60. The van der Waals surface area contributed by atoms with E-state index in [2.05, 4.69) is 6.58 Å². The standard InChI is InChI=1S/C15H24O3/c1-5-6-9-15-10-7-8-11(15)17-13(14(2,3)4)18-12(15)16/h5,11,13H,1,6-10H2,2-4H3. The third kappa shape index (κ3) is 2.20. The summed E-state index contributed by atoms with van der Waals surface area (Å²) in [6, 6.07) is 0. The lowest BCUT2D eigenvalue weighted by Gasteiger charge is -2.44. The maximum absolute atomic E-state index is 12.4. The summed E-state index contributed by atoms with van der Waals surface area (Å²) in [5.41, 5.74) is -0.571. The van der Waals surface area contributed by atoms with Gasteiger partial charge in [-0.1, -0.05) is 26.8 Å². The first kappa shape index (κ1) is 13.6. The van der Waals surface area contributed by atoms with Gasteiger partial charge in [-0.25, -0.2) is 0 Å². The molecule has 0 amide bonds. The van der Waals surface area contributed by atoms with Crippen LogP contribution in [0, 0.1) is 10.8 Å². The van der Waals surface area contributed by atoms with E-state index in [1.165, 1.54) is 0 Å². The highest BCUT2D eigenvalue weighted by Gasteiger charge is 2.56. The summed E-state index contributed by atoms with van der Waals surface area (Å²) in [7, 11) is 0. The van der Waals surface area contributed by atoms with Crippen LogP contribution in [-0.2, 0) is 14.3 Å². The lowest BCUT2D eigenvalue weighted by molar-refractivity contribution is -0.270. The monoisotopic (exact) mass is 252 g/mol. The number of hydrogen-bond donors (Lipinski definition) is 0. The van der Waals surface area contributed by atoms with Gasteiger partial charge in [0, 0.05) is 5.41 Å². The Bertz CT molecular complexity index is 342. The molecule has 1 heterocycles. The first-order chi connectivity index (χ1) is 8.40. The molecule has 18 heavy (non-hydrogen) atoms. The van der Waals surface area contributed by atoms with E-state index >= 15 is 0 Å². The van der Waals surface area contributed by atoms with Gasteiger partial charge >= 0.3 is 5.97 Å². The minimum atomic E-state index is -0.412. The van der Waals surface area contributed by atoms with E-state index in [1.54, 1.807) is 0 Å². The first-order valence-electron chi connectivity index (χ1n) is 6.87. The molecule has 1 aliphatic carbocycles. The van der Waals surface area contributed by atoms with E-state index < -0.39 is 11.7 Å². The fourth-order valence-corrected chi connectivity index (χ4v) is 2.99. The van der Waals surface area contributed by atoms with E-state index in [1.807, 2.05) is 26.8 Å². The maximum atomic E-state index is 12.4. The Morgan fingerprint density at radius 2 is 2.22 bits per heavy atom. The van der Waals surface area contributed by atoms with Crippen molar-refractivity contribution in [2.75, 3.05) is 0 Å². The van der Waals surface area contributed by atoms with Crippen molar-refractivity contribution < 1.29 is 14.3 Å². The molecule has 3 atom stereocenters. The Hall–Kier alpha value is -0.830. The molecule has 1 saturated heterocycles. The number of carbonyl (C=O) groups excluding carboxylic acids is 1. The summed E-state index contributed by atoms with van der Waals surface area (Å²) in [5, 5.41) is 0. The first-order valence-corrected chi connectivity index (χ1v) is 6.87. The Balaban J connectivity index is 2.18. The van der Waals surface area contributed by atoms with Crippen molar-refractivity contribution in [2.24, 2.45) is 10.8 Å². The van der Waals surface area contributed by atoms with Crippen LogP contribution < -0.4 is 0 Å². The van der Waals surface area contributed by atoms with Crippen molar-refractivity contribution in [3.05, 3.63) is 12.7 Å². The van der Waals surface area contributed by atoms with Crippen LogP contribution in [0.1, 0.15) is 52.9 Å². The quantitative estimate of drug-likeness (QED) is 0.570. The zero-order chi connectivity index (χ0) is 13.4. The summed E-state index contributed by atoms with van der Waals surface area (Å²) in [6.45, 7) is 9.86. The second kappa shape index (κ2) is 4.69. The van der Waals surface area contributed by atoms with Gasteiger partial charge < -0.3 is 9.47 Å². The lowest BCUT2D eigenvalue weighted by Crippen LogP contribution is -2.53. The number of rotatable bonds is 3. The average molecular weight is 252 g/mol. The van der Waals surface area contributed by atoms with E-state index in [0.717, 1.165) is 32.1 Å². The Kier molecular flexibility index (Phi) is 3.54. The molecule has 2 fully saturated rings. The molecule has 3 unspecified atom stereocenters. The van der Waals surface area contributed by atoms with E-state index in [4.69, 9.17) is 9.47 Å².